The van der Waals surface area contributed by atoms with E-state index in [0.29, 0.717) is 5.41 Å². The molecule has 98 valence electrons. The van der Waals surface area contributed by atoms with E-state index in [2.05, 4.69) is 40.2 Å². The third-order valence-corrected chi connectivity index (χ3v) is 5.72. The number of rotatable bonds is 2. The molecular formula is C16H22BrN. The van der Waals surface area contributed by atoms with Gasteiger partial charge in [0.2, 0.25) is 0 Å². The van der Waals surface area contributed by atoms with Crippen molar-refractivity contribution in [1.82, 2.24) is 0 Å². The van der Waals surface area contributed by atoms with E-state index >= 15 is 0 Å². The molecule has 2 aliphatic carbocycles. The van der Waals surface area contributed by atoms with Gasteiger partial charge in [-0.25, -0.2) is 0 Å². The Kier molecular flexibility index (Phi) is 3.27. The van der Waals surface area contributed by atoms with Gasteiger partial charge in [-0.3, -0.25) is 0 Å². The molecule has 0 bridgehead atoms. The molecule has 2 aliphatic rings. The number of hydrogen-bond donors (Lipinski definition) is 1. The molecule has 18 heavy (non-hydrogen) atoms. The van der Waals surface area contributed by atoms with Crippen LogP contribution < -0.4 is 5.73 Å². The van der Waals surface area contributed by atoms with Crippen molar-refractivity contribution in [3.63, 3.8) is 0 Å². The Hall–Kier alpha value is -0.340. The molecule has 0 aromatic heterocycles. The zero-order valence-electron chi connectivity index (χ0n) is 10.9. The van der Waals surface area contributed by atoms with Crippen molar-refractivity contribution in [2.75, 3.05) is 6.54 Å². The van der Waals surface area contributed by atoms with E-state index in [9.17, 15) is 0 Å². The third-order valence-electron chi connectivity index (χ3n) is 5.19. The summed E-state index contributed by atoms with van der Waals surface area (Å²) in [5.41, 5.74) is 8.49. The molecule has 1 nitrogen and oxygen atoms in total. The van der Waals surface area contributed by atoms with Gasteiger partial charge in [-0.15, -0.1) is 0 Å². The summed E-state index contributed by atoms with van der Waals surface area (Å²) in [7, 11) is 0. The van der Waals surface area contributed by atoms with Crippen LogP contribution in [-0.2, 0) is 5.41 Å². The maximum absolute atomic E-state index is 6.12. The predicted octanol–water partition coefficient (Wildman–Crippen LogP) is 4.39. The second kappa shape index (κ2) is 4.64. The van der Waals surface area contributed by atoms with Gasteiger partial charge in [-0.2, -0.15) is 0 Å². The Labute approximate surface area is 118 Å². The van der Waals surface area contributed by atoms with Crippen molar-refractivity contribution < 1.29 is 0 Å². The van der Waals surface area contributed by atoms with Gasteiger partial charge < -0.3 is 5.73 Å². The minimum atomic E-state index is 0.276. The number of nitrogens with two attached hydrogens (primary N) is 1. The van der Waals surface area contributed by atoms with Crippen LogP contribution in [-0.4, -0.2) is 6.54 Å². The van der Waals surface area contributed by atoms with Gasteiger partial charge in [-0.05, 0) is 48.8 Å². The van der Waals surface area contributed by atoms with Gasteiger partial charge in [-0.1, -0.05) is 47.3 Å². The van der Waals surface area contributed by atoms with Crippen LogP contribution in [0.25, 0.3) is 0 Å². The molecule has 2 fully saturated rings. The monoisotopic (exact) mass is 307 g/mol. The van der Waals surface area contributed by atoms with Gasteiger partial charge in [0.1, 0.15) is 0 Å². The van der Waals surface area contributed by atoms with Gasteiger partial charge in [0.15, 0.2) is 0 Å². The van der Waals surface area contributed by atoms with Crippen LogP contribution in [0.2, 0.25) is 0 Å². The Bertz CT molecular complexity index is 409. The normalized spacial score (nSPS) is 24.8. The molecule has 0 heterocycles. The van der Waals surface area contributed by atoms with Crippen LogP contribution in [0.4, 0.5) is 0 Å². The first-order valence-electron chi connectivity index (χ1n) is 7.14. The summed E-state index contributed by atoms with van der Waals surface area (Å²) in [6.07, 6.45) is 9.81. The van der Waals surface area contributed by atoms with Crippen LogP contribution in [0, 0.1) is 5.41 Å². The quantitative estimate of drug-likeness (QED) is 0.861. The minimum Gasteiger partial charge on any atom is -0.330 e. The molecular weight excluding hydrogens is 286 g/mol. The summed E-state index contributed by atoms with van der Waals surface area (Å²) >= 11 is 3.51. The molecule has 0 atom stereocenters. The summed E-state index contributed by atoms with van der Waals surface area (Å²) in [6.45, 7) is 0.802. The number of halogens is 1. The van der Waals surface area contributed by atoms with Crippen LogP contribution in [0.5, 0.6) is 0 Å². The molecule has 1 aromatic rings. The average Bonchev–Trinajstić information content (AvgIpc) is 2.37. The number of benzene rings is 1. The lowest BCUT2D eigenvalue weighted by atomic mass is 9.47. The molecule has 2 heteroatoms. The Morgan fingerprint density at radius 2 is 1.61 bits per heavy atom. The van der Waals surface area contributed by atoms with Gasteiger partial charge in [0, 0.05) is 16.4 Å². The Morgan fingerprint density at radius 1 is 1.00 bits per heavy atom. The molecule has 0 radical (unpaired) electrons. The van der Waals surface area contributed by atoms with Crippen molar-refractivity contribution in [3.05, 3.63) is 34.3 Å². The van der Waals surface area contributed by atoms with Gasteiger partial charge >= 0.3 is 0 Å². The topological polar surface area (TPSA) is 26.0 Å². The van der Waals surface area contributed by atoms with E-state index in [1.807, 2.05) is 0 Å². The average molecular weight is 308 g/mol. The highest BCUT2D eigenvalue weighted by Crippen LogP contribution is 2.61. The Morgan fingerprint density at radius 3 is 2.17 bits per heavy atom. The molecule has 0 unspecified atom stereocenters. The summed E-state index contributed by atoms with van der Waals surface area (Å²) < 4.78 is 1.16. The first kappa shape index (κ1) is 12.7. The summed E-state index contributed by atoms with van der Waals surface area (Å²) in [5, 5.41) is 0. The van der Waals surface area contributed by atoms with Gasteiger partial charge in [0.05, 0.1) is 0 Å². The standard InChI is InChI=1S/C16H22BrN/c17-14-6-4-13(5-7-14)16(12-18)10-15(11-16)8-2-1-3-9-15/h4-7H,1-3,8-12,18H2. The van der Waals surface area contributed by atoms with Crippen molar-refractivity contribution in [3.8, 4) is 0 Å². The van der Waals surface area contributed by atoms with Crippen LogP contribution >= 0.6 is 15.9 Å². The van der Waals surface area contributed by atoms with Crippen LogP contribution in [0.15, 0.2) is 28.7 Å². The van der Waals surface area contributed by atoms with E-state index in [1.165, 1.54) is 50.5 Å². The van der Waals surface area contributed by atoms with Crippen LogP contribution in [0.3, 0.4) is 0 Å². The number of hydrogen-bond acceptors (Lipinski definition) is 1. The van der Waals surface area contributed by atoms with Crippen molar-refractivity contribution >= 4 is 15.9 Å². The smallest absolute Gasteiger partial charge is 0.0175 e. The zero-order chi connectivity index (χ0) is 12.6. The van der Waals surface area contributed by atoms with E-state index in [0.717, 1.165) is 11.0 Å². The highest BCUT2D eigenvalue weighted by molar-refractivity contribution is 9.10. The molecule has 1 spiro atoms. The van der Waals surface area contributed by atoms with E-state index in [-0.39, 0.29) is 5.41 Å². The second-order valence-electron chi connectivity index (χ2n) is 6.41. The lowest BCUT2D eigenvalue weighted by Crippen LogP contribution is -2.54. The molecule has 2 N–H and O–H groups in total. The first-order chi connectivity index (χ1) is 8.68. The highest BCUT2D eigenvalue weighted by atomic mass is 79.9. The third kappa shape index (κ3) is 2.04. The molecule has 0 aliphatic heterocycles. The molecule has 0 saturated heterocycles. The zero-order valence-corrected chi connectivity index (χ0v) is 12.5. The van der Waals surface area contributed by atoms with Crippen molar-refractivity contribution in [1.29, 1.82) is 0 Å². The van der Waals surface area contributed by atoms with E-state index < -0.39 is 0 Å². The lowest BCUT2D eigenvalue weighted by molar-refractivity contribution is -0.00834. The Balaban J connectivity index is 1.79. The largest absolute Gasteiger partial charge is 0.330 e. The summed E-state index contributed by atoms with van der Waals surface area (Å²) in [5.74, 6) is 0. The summed E-state index contributed by atoms with van der Waals surface area (Å²) in [4.78, 5) is 0. The second-order valence-corrected chi connectivity index (χ2v) is 7.32. The van der Waals surface area contributed by atoms with E-state index in [4.69, 9.17) is 5.73 Å². The molecule has 1 aromatic carbocycles. The molecule has 3 rings (SSSR count). The maximum atomic E-state index is 6.12. The minimum absolute atomic E-state index is 0.276. The lowest BCUT2D eigenvalue weighted by Gasteiger charge is -2.58. The van der Waals surface area contributed by atoms with Crippen molar-refractivity contribution in [2.45, 2.75) is 50.4 Å². The molecule has 2 saturated carbocycles. The predicted molar refractivity (Wildman–Crippen MR) is 79.6 cm³/mol. The fourth-order valence-corrected chi connectivity index (χ4v) is 4.57. The van der Waals surface area contributed by atoms with E-state index in [1.54, 1.807) is 0 Å². The van der Waals surface area contributed by atoms with Crippen molar-refractivity contribution in [2.24, 2.45) is 11.1 Å². The SMILES string of the molecule is NCC1(c2ccc(Br)cc2)CC2(CCCCC2)C1. The first-order valence-corrected chi connectivity index (χ1v) is 7.94. The fourth-order valence-electron chi connectivity index (χ4n) is 4.31. The molecule has 0 amide bonds. The highest BCUT2D eigenvalue weighted by Gasteiger charge is 2.54. The van der Waals surface area contributed by atoms with Crippen LogP contribution in [0.1, 0.15) is 50.5 Å². The maximum Gasteiger partial charge on any atom is 0.0175 e. The van der Waals surface area contributed by atoms with Gasteiger partial charge in [0.25, 0.3) is 0 Å². The fraction of sp³-hybridized carbons (Fsp3) is 0.625. The summed E-state index contributed by atoms with van der Waals surface area (Å²) in [6, 6.07) is 8.82.